The summed E-state index contributed by atoms with van der Waals surface area (Å²) in [5.74, 6) is 0.137. The number of carbonyl (C=O) groups is 2. The maximum Gasteiger partial charge on any atom is 0.309 e. The van der Waals surface area contributed by atoms with E-state index < -0.39 is 5.97 Å². The van der Waals surface area contributed by atoms with Crippen molar-refractivity contribution >= 4 is 17.6 Å². The molecule has 2 aromatic rings. The molecule has 0 unspecified atom stereocenters. The van der Waals surface area contributed by atoms with Crippen molar-refractivity contribution in [2.75, 3.05) is 24.7 Å². The minimum Gasteiger partial charge on any atom is -0.493 e. The summed E-state index contributed by atoms with van der Waals surface area (Å²) in [5.41, 5.74) is 4.18. The van der Waals surface area contributed by atoms with Crippen LogP contribution in [-0.2, 0) is 20.7 Å². The first kappa shape index (κ1) is 18.0. The molecular weight excluding hydrogens is 330 g/mol. The van der Waals surface area contributed by atoms with Crippen molar-refractivity contribution in [3.63, 3.8) is 0 Å². The van der Waals surface area contributed by atoms with Gasteiger partial charge in [0.15, 0.2) is 6.61 Å². The van der Waals surface area contributed by atoms with Crippen molar-refractivity contribution in [2.24, 2.45) is 0 Å². The zero-order chi connectivity index (χ0) is 18.5. The van der Waals surface area contributed by atoms with Crippen LogP contribution >= 0.6 is 0 Å². The van der Waals surface area contributed by atoms with Crippen molar-refractivity contribution in [2.45, 2.75) is 26.7 Å². The van der Waals surface area contributed by atoms with Crippen molar-refractivity contribution < 1.29 is 19.1 Å². The number of esters is 1. The molecule has 1 aliphatic rings. The summed E-state index contributed by atoms with van der Waals surface area (Å²) in [7, 11) is 0. The molecule has 0 atom stereocenters. The minimum atomic E-state index is -0.434. The van der Waals surface area contributed by atoms with E-state index in [1.54, 1.807) is 4.90 Å². The fourth-order valence-corrected chi connectivity index (χ4v) is 3.00. The molecule has 3 rings (SSSR count). The standard InChI is InChI=1S/C21H23NO4/c1-15-7-8-16(2)19(13-15)25-12-10-21(24)26-14-20(23)22-11-9-17-5-3-4-6-18(17)22/h3-8,13H,9-12,14H2,1-2H3. The molecule has 0 bridgehead atoms. The number of amides is 1. The van der Waals surface area contributed by atoms with Crippen molar-refractivity contribution in [3.8, 4) is 5.75 Å². The normalized spacial score (nSPS) is 12.6. The third-order valence-electron chi connectivity index (χ3n) is 4.45. The molecule has 0 saturated heterocycles. The van der Waals surface area contributed by atoms with E-state index in [2.05, 4.69) is 0 Å². The van der Waals surface area contributed by atoms with Gasteiger partial charge in [-0.25, -0.2) is 0 Å². The van der Waals surface area contributed by atoms with Gasteiger partial charge in [0.05, 0.1) is 13.0 Å². The Morgan fingerprint density at radius 1 is 1.12 bits per heavy atom. The number of nitrogens with zero attached hydrogens (tertiary/aromatic N) is 1. The lowest BCUT2D eigenvalue weighted by molar-refractivity contribution is -0.148. The number of rotatable bonds is 6. The van der Waals surface area contributed by atoms with Crippen LogP contribution in [0.15, 0.2) is 42.5 Å². The number of fused-ring (bicyclic) bond motifs is 1. The Morgan fingerprint density at radius 3 is 2.77 bits per heavy atom. The number of ether oxygens (including phenoxy) is 2. The van der Waals surface area contributed by atoms with Gasteiger partial charge in [-0.2, -0.15) is 0 Å². The van der Waals surface area contributed by atoms with E-state index in [0.29, 0.717) is 6.54 Å². The summed E-state index contributed by atoms with van der Waals surface area (Å²) in [4.78, 5) is 25.9. The second kappa shape index (κ2) is 8.04. The Hall–Kier alpha value is -2.82. The van der Waals surface area contributed by atoms with Gasteiger partial charge in [-0.3, -0.25) is 9.59 Å². The van der Waals surface area contributed by atoms with E-state index in [0.717, 1.165) is 34.5 Å². The maximum atomic E-state index is 12.3. The smallest absolute Gasteiger partial charge is 0.309 e. The molecule has 0 fully saturated rings. The van der Waals surface area contributed by atoms with E-state index in [4.69, 9.17) is 9.47 Å². The largest absolute Gasteiger partial charge is 0.493 e. The fourth-order valence-electron chi connectivity index (χ4n) is 3.00. The molecule has 5 heteroatoms. The van der Waals surface area contributed by atoms with Gasteiger partial charge in [-0.15, -0.1) is 0 Å². The molecule has 1 amide bonds. The number of para-hydroxylation sites is 1. The molecule has 0 spiro atoms. The molecule has 1 heterocycles. The predicted molar refractivity (Wildman–Crippen MR) is 99.5 cm³/mol. The topological polar surface area (TPSA) is 55.8 Å². The first-order chi connectivity index (χ1) is 12.5. The van der Waals surface area contributed by atoms with Crippen LogP contribution in [0.2, 0.25) is 0 Å². The van der Waals surface area contributed by atoms with Crippen LogP contribution in [0.5, 0.6) is 5.75 Å². The molecule has 0 N–H and O–H groups in total. The van der Waals surface area contributed by atoms with Crippen LogP contribution in [0.3, 0.4) is 0 Å². The molecule has 5 nitrogen and oxygen atoms in total. The highest BCUT2D eigenvalue weighted by atomic mass is 16.5. The third-order valence-corrected chi connectivity index (χ3v) is 4.45. The molecular formula is C21H23NO4. The second-order valence-corrected chi connectivity index (χ2v) is 6.45. The van der Waals surface area contributed by atoms with Crippen molar-refractivity contribution in [1.29, 1.82) is 0 Å². The Bertz CT molecular complexity index is 815. The summed E-state index contributed by atoms with van der Waals surface area (Å²) < 4.78 is 10.8. The summed E-state index contributed by atoms with van der Waals surface area (Å²) in [6, 6.07) is 13.7. The van der Waals surface area contributed by atoms with Crippen LogP contribution in [0.1, 0.15) is 23.1 Å². The number of carbonyl (C=O) groups excluding carboxylic acids is 2. The van der Waals surface area contributed by atoms with Gasteiger partial charge >= 0.3 is 5.97 Å². The minimum absolute atomic E-state index is 0.108. The van der Waals surface area contributed by atoms with Crippen LogP contribution < -0.4 is 9.64 Å². The number of hydrogen-bond donors (Lipinski definition) is 0. The van der Waals surface area contributed by atoms with Crippen LogP contribution in [-0.4, -0.2) is 31.6 Å². The average molecular weight is 353 g/mol. The zero-order valence-electron chi connectivity index (χ0n) is 15.2. The van der Waals surface area contributed by atoms with Crippen LogP contribution in [0.4, 0.5) is 5.69 Å². The van der Waals surface area contributed by atoms with Crippen LogP contribution in [0.25, 0.3) is 0 Å². The zero-order valence-corrected chi connectivity index (χ0v) is 15.2. The van der Waals surface area contributed by atoms with Gasteiger partial charge in [0.25, 0.3) is 5.91 Å². The average Bonchev–Trinajstić information content (AvgIpc) is 3.07. The molecule has 0 radical (unpaired) electrons. The summed E-state index contributed by atoms with van der Waals surface area (Å²) >= 11 is 0. The second-order valence-electron chi connectivity index (χ2n) is 6.45. The number of benzene rings is 2. The quantitative estimate of drug-likeness (QED) is 0.749. The highest BCUT2D eigenvalue weighted by Gasteiger charge is 2.24. The Balaban J connectivity index is 1.43. The van der Waals surface area contributed by atoms with Gasteiger partial charge in [-0.05, 0) is 49.1 Å². The maximum absolute atomic E-state index is 12.3. The van der Waals surface area contributed by atoms with Gasteiger partial charge < -0.3 is 14.4 Å². The van der Waals surface area contributed by atoms with E-state index >= 15 is 0 Å². The molecule has 2 aromatic carbocycles. The van der Waals surface area contributed by atoms with E-state index in [-0.39, 0.29) is 25.5 Å². The number of anilines is 1. The fraction of sp³-hybridized carbons (Fsp3) is 0.333. The lowest BCUT2D eigenvalue weighted by Gasteiger charge is -2.17. The number of aryl methyl sites for hydroxylation is 2. The van der Waals surface area contributed by atoms with Gasteiger partial charge in [0, 0.05) is 12.2 Å². The van der Waals surface area contributed by atoms with Gasteiger partial charge in [0.1, 0.15) is 5.75 Å². The van der Waals surface area contributed by atoms with Gasteiger partial charge in [-0.1, -0.05) is 30.3 Å². The molecule has 0 aliphatic carbocycles. The van der Waals surface area contributed by atoms with E-state index in [9.17, 15) is 9.59 Å². The Labute approximate surface area is 153 Å². The lowest BCUT2D eigenvalue weighted by Crippen LogP contribution is -2.33. The summed E-state index contributed by atoms with van der Waals surface area (Å²) in [6.07, 6.45) is 0.941. The van der Waals surface area contributed by atoms with E-state index in [1.165, 1.54) is 0 Å². The van der Waals surface area contributed by atoms with Crippen LogP contribution in [0, 0.1) is 13.8 Å². The van der Waals surface area contributed by atoms with Crippen molar-refractivity contribution in [3.05, 3.63) is 59.2 Å². The first-order valence-electron chi connectivity index (χ1n) is 8.78. The molecule has 0 saturated carbocycles. The molecule has 1 aliphatic heterocycles. The SMILES string of the molecule is Cc1ccc(C)c(OCCC(=O)OCC(=O)N2CCc3ccccc32)c1. The van der Waals surface area contributed by atoms with Crippen molar-refractivity contribution in [1.82, 2.24) is 0 Å². The monoisotopic (exact) mass is 353 g/mol. The number of hydrogen-bond acceptors (Lipinski definition) is 4. The molecule has 136 valence electrons. The lowest BCUT2D eigenvalue weighted by atomic mass is 10.1. The first-order valence-corrected chi connectivity index (χ1v) is 8.78. The summed E-state index contributed by atoms with van der Waals surface area (Å²) in [6.45, 7) is 4.56. The Kier molecular flexibility index (Phi) is 5.56. The van der Waals surface area contributed by atoms with Gasteiger partial charge in [0.2, 0.25) is 0 Å². The molecule has 0 aromatic heterocycles. The third kappa shape index (κ3) is 4.23. The summed E-state index contributed by atoms with van der Waals surface area (Å²) in [5, 5.41) is 0. The van der Waals surface area contributed by atoms with E-state index in [1.807, 2.05) is 56.3 Å². The Morgan fingerprint density at radius 2 is 1.92 bits per heavy atom. The predicted octanol–water partition coefficient (Wildman–Crippen LogP) is 3.20. The molecule has 26 heavy (non-hydrogen) atoms. The highest BCUT2D eigenvalue weighted by Crippen LogP contribution is 2.27. The highest BCUT2D eigenvalue weighted by molar-refractivity contribution is 5.97.